The summed E-state index contributed by atoms with van der Waals surface area (Å²) in [5, 5.41) is 16.8. The predicted octanol–water partition coefficient (Wildman–Crippen LogP) is 3.13. The van der Waals surface area contributed by atoms with E-state index in [0.717, 1.165) is 31.2 Å². The number of tetrazole rings is 1. The van der Waals surface area contributed by atoms with Crippen molar-refractivity contribution in [1.82, 2.24) is 34.6 Å². The molecule has 0 spiro atoms. The number of carbonyl (C=O) groups is 1. The van der Waals surface area contributed by atoms with E-state index in [1.165, 1.54) is 0 Å². The molecule has 1 aliphatic heterocycles. The van der Waals surface area contributed by atoms with Gasteiger partial charge >= 0.3 is 0 Å². The number of benzene rings is 1. The summed E-state index contributed by atoms with van der Waals surface area (Å²) in [6.45, 7) is 3.48. The smallest absolute Gasteiger partial charge is 0.269 e. The topological polar surface area (TPSA) is 126 Å². The Morgan fingerprint density at radius 2 is 2.09 bits per heavy atom. The molecule has 5 rings (SSSR count). The number of halogens is 1. The lowest BCUT2D eigenvalue weighted by Gasteiger charge is -2.28. The maximum Gasteiger partial charge on any atom is 0.269 e. The van der Waals surface area contributed by atoms with Crippen LogP contribution in [0.25, 0.3) is 17.0 Å². The highest BCUT2D eigenvalue weighted by Gasteiger charge is 2.33. The van der Waals surface area contributed by atoms with Gasteiger partial charge in [-0.15, -0.1) is 5.10 Å². The number of aromatic nitrogens is 7. The number of unbranched alkanes of at least 4 members (excludes halogenated alkanes) is 2. The fourth-order valence-electron chi connectivity index (χ4n) is 4.54. The molecule has 0 bridgehead atoms. The van der Waals surface area contributed by atoms with Crippen LogP contribution in [0.4, 0.5) is 11.8 Å². The van der Waals surface area contributed by atoms with E-state index < -0.39 is 6.04 Å². The summed E-state index contributed by atoms with van der Waals surface area (Å²) in [7, 11) is 0. The standard InChI is InChI=1S/C23H26ClN9O2/c1-2-3-4-11-32-19(31-12-5-6-18(31)21(35)26-22-27-29-30-28-22)13-20(34)33-14-17(25-23(32)33)15-7-9-16(24)10-8-15/h7-10,13-14,18H,2-6,11-12H2,1H3,(H2,26,27,28,29,30,35)/t18-/m0/s1. The van der Waals surface area contributed by atoms with E-state index in [0.29, 0.717) is 41.8 Å². The number of carbonyl (C=O) groups excluding carboxylic acids is 1. The molecule has 0 unspecified atom stereocenters. The van der Waals surface area contributed by atoms with Crippen LogP contribution in [0.1, 0.15) is 39.0 Å². The van der Waals surface area contributed by atoms with E-state index in [4.69, 9.17) is 16.6 Å². The predicted molar refractivity (Wildman–Crippen MR) is 133 cm³/mol. The van der Waals surface area contributed by atoms with Crippen LogP contribution in [-0.2, 0) is 11.3 Å². The number of nitrogens with one attached hydrogen (secondary N) is 2. The Kier molecular flexibility index (Phi) is 6.49. The van der Waals surface area contributed by atoms with Crippen molar-refractivity contribution in [3.63, 3.8) is 0 Å². The van der Waals surface area contributed by atoms with Gasteiger partial charge in [0.25, 0.3) is 11.5 Å². The minimum absolute atomic E-state index is 0.124. The van der Waals surface area contributed by atoms with Crippen molar-refractivity contribution in [1.29, 1.82) is 0 Å². The number of rotatable bonds is 8. The second-order valence-corrected chi connectivity index (χ2v) is 9.02. The number of H-pyrrole nitrogens is 1. The van der Waals surface area contributed by atoms with Crippen LogP contribution >= 0.6 is 11.6 Å². The van der Waals surface area contributed by atoms with Gasteiger partial charge in [0.15, 0.2) is 0 Å². The third-order valence-corrected chi connectivity index (χ3v) is 6.50. The number of hydrogen-bond donors (Lipinski definition) is 2. The van der Waals surface area contributed by atoms with Crippen LogP contribution in [0.3, 0.4) is 0 Å². The number of nitrogens with zero attached hydrogens (tertiary/aromatic N) is 7. The Labute approximate surface area is 206 Å². The van der Waals surface area contributed by atoms with Gasteiger partial charge in [0, 0.05) is 35.9 Å². The average Bonchev–Trinajstić information content (AvgIpc) is 3.62. The molecule has 0 saturated carbocycles. The Morgan fingerprint density at radius 1 is 1.26 bits per heavy atom. The minimum Gasteiger partial charge on any atom is -0.346 e. The zero-order valence-corrected chi connectivity index (χ0v) is 20.1. The van der Waals surface area contributed by atoms with Crippen molar-refractivity contribution in [2.24, 2.45) is 0 Å². The lowest BCUT2D eigenvalue weighted by atomic mass is 10.2. The van der Waals surface area contributed by atoms with Crippen molar-refractivity contribution in [2.75, 3.05) is 16.8 Å². The monoisotopic (exact) mass is 495 g/mol. The number of hydrogen-bond acceptors (Lipinski definition) is 7. The lowest BCUT2D eigenvalue weighted by Crippen LogP contribution is -2.42. The number of anilines is 2. The van der Waals surface area contributed by atoms with Crippen molar-refractivity contribution in [3.8, 4) is 11.3 Å². The Bertz CT molecular complexity index is 1380. The quantitative estimate of drug-likeness (QED) is 0.359. The van der Waals surface area contributed by atoms with E-state index in [1.54, 1.807) is 28.8 Å². The molecule has 11 nitrogen and oxygen atoms in total. The maximum atomic E-state index is 13.2. The van der Waals surface area contributed by atoms with Crippen molar-refractivity contribution < 1.29 is 4.79 Å². The van der Waals surface area contributed by atoms with Crippen molar-refractivity contribution in [2.45, 2.75) is 51.6 Å². The van der Waals surface area contributed by atoms with E-state index in [2.05, 4.69) is 37.4 Å². The van der Waals surface area contributed by atoms with Gasteiger partial charge in [0.05, 0.1) is 5.69 Å². The summed E-state index contributed by atoms with van der Waals surface area (Å²) in [4.78, 5) is 33.1. The number of amides is 1. The van der Waals surface area contributed by atoms with E-state index in [-0.39, 0.29) is 17.4 Å². The summed E-state index contributed by atoms with van der Waals surface area (Å²) in [5.74, 6) is 1.13. The number of imidazole rings is 1. The Balaban J connectivity index is 1.56. The fraction of sp³-hybridized carbons (Fsp3) is 0.391. The molecular formula is C23H26ClN9O2. The van der Waals surface area contributed by atoms with Gasteiger partial charge in [-0.1, -0.05) is 48.6 Å². The van der Waals surface area contributed by atoms with Crippen LogP contribution in [0.15, 0.2) is 41.3 Å². The molecule has 1 fully saturated rings. The molecule has 1 saturated heterocycles. The molecule has 35 heavy (non-hydrogen) atoms. The van der Waals surface area contributed by atoms with Crippen LogP contribution in [-0.4, -0.2) is 53.1 Å². The fourth-order valence-corrected chi connectivity index (χ4v) is 4.66. The maximum absolute atomic E-state index is 13.2. The van der Waals surface area contributed by atoms with E-state index >= 15 is 0 Å². The minimum atomic E-state index is -0.460. The molecule has 3 aromatic heterocycles. The zero-order chi connectivity index (χ0) is 24.4. The van der Waals surface area contributed by atoms with Crippen LogP contribution in [0.2, 0.25) is 5.02 Å². The zero-order valence-electron chi connectivity index (χ0n) is 19.3. The second-order valence-electron chi connectivity index (χ2n) is 8.58. The average molecular weight is 496 g/mol. The molecule has 1 atom stereocenters. The highest BCUT2D eigenvalue weighted by molar-refractivity contribution is 6.30. The third-order valence-electron chi connectivity index (χ3n) is 6.25. The van der Waals surface area contributed by atoms with Crippen LogP contribution in [0, 0.1) is 0 Å². The molecule has 1 aliphatic rings. The first-order valence-electron chi connectivity index (χ1n) is 11.7. The summed E-state index contributed by atoms with van der Waals surface area (Å²) in [6.07, 6.45) is 6.27. The normalized spacial score (nSPS) is 15.7. The summed E-state index contributed by atoms with van der Waals surface area (Å²) in [6, 6.07) is 8.52. The van der Waals surface area contributed by atoms with Gasteiger partial charge in [-0.25, -0.2) is 4.98 Å². The van der Waals surface area contributed by atoms with Gasteiger partial charge in [-0.2, -0.15) is 5.21 Å². The molecule has 0 radical (unpaired) electrons. The number of aryl methyl sites for hydroxylation is 1. The molecule has 1 amide bonds. The van der Waals surface area contributed by atoms with Gasteiger partial charge in [0.1, 0.15) is 11.9 Å². The van der Waals surface area contributed by atoms with Gasteiger partial charge < -0.3 is 4.90 Å². The molecule has 182 valence electrons. The molecule has 2 N–H and O–H groups in total. The van der Waals surface area contributed by atoms with E-state index in [1.807, 2.05) is 17.0 Å². The molecular weight excluding hydrogens is 470 g/mol. The van der Waals surface area contributed by atoms with Gasteiger partial charge in [-0.05, 0) is 36.6 Å². The van der Waals surface area contributed by atoms with Crippen molar-refractivity contribution in [3.05, 3.63) is 51.9 Å². The Hall–Kier alpha value is -3.73. The second kappa shape index (κ2) is 9.87. The molecule has 4 aromatic rings. The highest BCUT2D eigenvalue weighted by Crippen LogP contribution is 2.28. The first-order chi connectivity index (χ1) is 17.0. The van der Waals surface area contributed by atoms with Gasteiger partial charge in [0.2, 0.25) is 11.7 Å². The summed E-state index contributed by atoms with van der Waals surface area (Å²) < 4.78 is 3.63. The first kappa shape index (κ1) is 23.0. The molecule has 1 aromatic carbocycles. The molecule has 0 aliphatic carbocycles. The van der Waals surface area contributed by atoms with Crippen molar-refractivity contribution >= 4 is 35.1 Å². The molecule has 4 heterocycles. The first-order valence-corrected chi connectivity index (χ1v) is 12.1. The third kappa shape index (κ3) is 4.63. The number of aromatic amines is 1. The van der Waals surface area contributed by atoms with E-state index in [9.17, 15) is 9.59 Å². The lowest BCUT2D eigenvalue weighted by molar-refractivity contribution is -0.117. The summed E-state index contributed by atoms with van der Waals surface area (Å²) in [5.41, 5.74) is 1.37. The SMILES string of the molecule is CCCCCn1c(N2CCC[C@H]2C(=O)Nc2nn[nH]n2)cc(=O)n2cc(-c3ccc(Cl)cc3)nc12. The summed E-state index contributed by atoms with van der Waals surface area (Å²) >= 11 is 6.05. The van der Waals surface area contributed by atoms with Crippen LogP contribution < -0.4 is 15.8 Å². The largest absolute Gasteiger partial charge is 0.346 e. The van der Waals surface area contributed by atoms with Gasteiger partial charge in [-0.3, -0.25) is 23.9 Å². The number of fused-ring (bicyclic) bond motifs is 1. The molecule has 12 heteroatoms. The highest BCUT2D eigenvalue weighted by atomic mass is 35.5. The Morgan fingerprint density at radius 3 is 2.83 bits per heavy atom. The van der Waals surface area contributed by atoms with Crippen LogP contribution in [0.5, 0.6) is 0 Å².